The number of aromatic hydroxyl groups is 2. The van der Waals surface area contributed by atoms with Gasteiger partial charge in [-0.05, 0) is 85.3 Å². The van der Waals surface area contributed by atoms with Gasteiger partial charge < -0.3 is 41.9 Å². The normalized spacial score (nSPS) is 28.0. The number of carboxylic acids is 2. The molecule has 13 heteroatoms. The first kappa shape index (κ1) is 30.9. The van der Waals surface area contributed by atoms with E-state index in [1.807, 2.05) is 0 Å². The van der Waals surface area contributed by atoms with Gasteiger partial charge in [0, 0.05) is 12.2 Å². The van der Waals surface area contributed by atoms with Gasteiger partial charge in [0.15, 0.2) is 11.5 Å². The van der Waals surface area contributed by atoms with Gasteiger partial charge in [-0.2, -0.15) is 0 Å². The van der Waals surface area contributed by atoms with Crippen molar-refractivity contribution >= 4 is 35.5 Å². The van der Waals surface area contributed by atoms with Crippen molar-refractivity contribution < 1.29 is 44.7 Å². The number of aryl methyl sites for hydroxylation is 1. The summed E-state index contributed by atoms with van der Waals surface area (Å²) in [5.74, 6) is -3.85. The number of aliphatic carboxylic acids is 2. The molecule has 3 aliphatic rings. The van der Waals surface area contributed by atoms with Crippen LogP contribution in [0.5, 0.6) is 11.5 Å². The summed E-state index contributed by atoms with van der Waals surface area (Å²) in [5.41, 5.74) is 7.17. The van der Waals surface area contributed by atoms with Crippen molar-refractivity contribution in [3.63, 3.8) is 0 Å². The maximum absolute atomic E-state index is 12.9. The van der Waals surface area contributed by atoms with Crippen LogP contribution in [0.2, 0.25) is 0 Å². The molecule has 9 N–H and O–H groups in total. The maximum Gasteiger partial charge on any atom is 0.322 e. The van der Waals surface area contributed by atoms with Gasteiger partial charge >= 0.3 is 11.9 Å². The van der Waals surface area contributed by atoms with E-state index in [-0.39, 0.29) is 47.5 Å². The quantitative estimate of drug-likeness (QED) is 0.135. The Labute approximate surface area is 242 Å². The van der Waals surface area contributed by atoms with Crippen LogP contribution in [0.25, 0.3) is 0 Å². The van der Waals surface area contributed by atoms with E-state index < -0.39 is 42.4 Å². The van der Waals surface area contributed by atoms with Crippen LogP contribution in [0.4, 0.5) is 0 Å². The average Bonchev–Trinajstić information content (AvgIpc) is 3.23. The topological polar surface area (TPSA) is 220 Å². The van der Waals surface area contributed by atoms with Crippen molar-refractivity contribution in [3.8, 4) is 11.5 Å². The van der Waals surface area contributed by atoms with Crippen molar-refractivity contribution in [2.24, 2.45) is 23.0 Å². The summed E-state index contributed by atoms with van der Waals surface area (Å²) < 4.78 is 0. The van der Waals surface area contributed by atoms with E-state index in [2.05, 4.69) is 17.6 Å². The number of nitrogens with one attached hydrogen (secondary N) is 2. The molecule has 2 fully saturated rings. The van der Waals surface area contributed by atoms with E-state index in [1.54, 1.807) is 6.07 Å². The van der Waals surface area contributed by atoms with Crippen LogP contribution >= 0.6 is 11.8 Å². The molecule has 2 saturated carbocycles. The number of phenolic OH excluding ortho intramolecular Hbond substituents is 2. The first-order valence-corrected chi connectivity index (χ1v) is 15.0. The minimum atomic E-state index is -1.27. The Morgan fingerprint density at radius 2 is 1.88 bits per heavy atom. The molecule has 3 aliphatic carbocycles. The van der Waals surface area contributed by atoms with Gasteiger partial charge in [0.2, 0.25) is 11.8 Å². The summed E-state index contributed by atoms with van der Waals surface area (Å²) in [7, 11) is 0. The van der Waals surface area contributed by atoms with Crippen molar-refractivity contribution in [3.05, 3.63) is 17.2 Å². The first-order chi connectivity index (χ1) is 19.3. The average molecular weight is 594 g/mol. The molecule has 0 heterocycles. The third-order valence-electron chi connectivity index (χ3n) is 9.32. The van der Waals surface area contributed by atoms with E-state index in [0.29, 0.717) is 23.2 Å². The molecule has 12 nitrogen and oxygen atoms in total. The third kappa shape index (κ3) is 6.41. The van der Waals surface area contributed by atoms with E-state index in [0.717, 1.165) is 55.0 Å². The molecular weight excluding hydrogens is 554 g/mol. The van der Waals surface area contributed by atoms with Gasteiger partial charge in [-0.15, -0.1) is 11.8 Å². The van der Waals surface area contributed by atoms with Crippen LogP contribution in [0.15, 0.2) is 11.0 Å². The SMILES string of the molecule is C[C@]12CC[C@@H]3c4c(cc(O)c(O)c4SCC(NC(=O)CCC(N)C(=O)O)C(=O)NCC(=O)O)CC[C@H]3[C@@H]1CC[C@@H]2O. The number of amides is 2. The Kier molecular flexibility index (Phi) is 9.39. The lowest BCUT2D eigenvalue weighted by molar-refractivity contribution is -0.139. The molecule has 2 unspecified atom stereocenters. The minimum absolute atomic E-state index is 0.0805. The number of benzene rings is 1. The van der Waals surface area contributed by atoms with Gasteiger partial charge in [-0.1, -0.05) is 6.92 Å². The largest absolute Gasteiger partial charge is 0.504 e. The predicted octanol–water partition coefficient (Wildman–Crippen LogP) is 1.28. The Morgan fingerprint density at radius 3 is 2.56 bits per heavy atom. The molecule has 7 atom stereocenters. The molecule has 1 aromatic carbocycles. The number of phenols is 2. The second-order valence-corrected chi connectivity index (χ2v) is 12.8. The van der Waals surface area contributed by atoms with Gasteiger partial charge in [-0.25, -0.2) is 0 Å². The number of carboxylic acid groups (broad SMARTS) is 2. The fourth-order valence-corrected chi connectivity index (χ4v) is 8.36. The van der Waals surface area contributed by atoms with Gasteiger partial charge in [-0.3, -0.25) is 19.2 Å². The number of aliphatic hydroxyl groups excluding tert-OH is 1. The minimum Gasteiger partial charge on any atom is -0.504 e. The zero-order valence-electron chi connectivity index (χ0n) is 23.0. The lowest BCUT2D eigenvalue weighted by Crippen LogP contribution is -2.49. The van der Waals surface area contributed by atoms with Crippen LogP contribution in [0, 0.1) is 17.3 Å². The molecule has 0 radical (unpaired) electrons. The number of fused-ring (bicyclic) bond motifs is 5. The highest BCUT2D eigenvalue weighted by Gasteiger charge is 2.55. The summed E-state index contributed by atoms with van der Waals surface area (Å²) >= 11 is 1.10. The van der Waals surface area contributed by atoms with Crippen LogP contribution < -0.4 is 16.4 Å². The van der Waals surface area contributed by atoms with E-state index in [9.17, 15) is 34.5 Å². The lowest BCUT2D eigenvalue weighted by Gasteiger charge is -2.50. The molecule has 226 valence electrons. The molecule has 0 aromatic heterocycles. The smallest absolute Gasteiger partial charge is 0.322 e. The summed E-state index contributed by atoms with van der Waals surface area (Å²) in [5, 5.41) is 55.0. The highest BCUT2D eigenvalue weighted by molar-refractivity contribution is 7.99. The summed E-state index contributed by atoms with van der Waals surface area (Å²) in [6.07, 6.45) is 4.20. The molecule has 4 rings (SSSR count). The first-order valence-electron chi connectivity index (χ1n) is 14.0. The Balaban J connectivity index is 1.57. The highest BCUT2D eigenvalue weighted by Crippen LogP contribution is 2.62. The molecule has 0 aliphatic heterocycles. The second-order valence-electron chi connectivity index (χ2n) is 11.7. The molecule has 2 amide bonds. The van der Waals surface area contributed by atoms with Crippen molar-refractivity contribution in [1.82, 2.24) is 10.6 Å². The number of carbonyl (C=O) groups is 4. The number of nitrogens with two attached hydrogens (primary N) is 1. The number of carbonyl (C=O) groups excluding carboxylic acids is 2. The summed E-state index contributed by atoms with van der Waals surface area (Å²) in [6.45, 7) is 1.50. The third-order valence-corrected chi connectivity index (χ3v) is 10.5. The Hall–Kier alpha value is -3.03. The fourth-order valence-electron chi connectivity index (χ4n) is 7.12. The number of hydrogen-bond acceptors (Lipinski definition) is 9. The Morgan fingerprint density at radius 1 is 1.15 bits per heavy atom. The maximum atomic E-state index is 12.9. The van der Waals surface area contributed by atoms with Crippen molar-refractivity contribution in [2.45, 2.75) is 87.3 Å². The molecule has 0 spiro atoms. The van der Waals surface area contributed by atoms with E-state index >= 15 is 0 Å². The fraction of sp³-hybridized carbons (Fsp3) is 0.643. The summed E-state index contributed by atoms with van der Waals surface area (Å²) in [6, 6.07) is -0.868. The molecule has 0 bridgehead atoms. The predicted molar refractivity (Wildman–Crippen MR) is 149 cm³/mol. The molecule has 0 saturated heterocycles. The van der Waals surface area contributed by atoms with Crippen LogP contribution in [-0.2, 0) is 25.6 Å². The van der Waals surface area contributed by atoms with Crippen LogP contribution in [0.3, 0.4) is 0 Å². The van der Waals surface area contributed by atoms with Gasteiger partial charge in [0.05, 0.1) is 11.0 Å². The van der Waals surface area contributed by atoms with E-state index in [4.69, 9.17) is 15.9 Å². The zero-order chi connectivity index (χ0) is 30.1. The zero-order valence-corrected chi connectivity index (χ0v) is 23.8. The van der Waals surface area contributed by atoms with Crippen LogP contribution in [-0.4, -0.2) is 79.8 Å². The standard InChI is InChI=1S/C28H39N3O9S/c1-28-9-8-15-14(16(28)4-6-20(28)33)3-2-13-10-19(32)24(37)25(23(13)15)41-12-18(26(38)30-11-22(35)36)31-21(34)7-5-17(29)27(39)40/h10,14-18,20,32-33,37H,2-9,11-12,29H2,1H3,(H,30,38)(H,31,34)(H,35,36)(H,39,40)/t14-,15+,16+,17?,18?,20+,28+/m1/s1. The van der Waals surface area contributed by atoms with Crippen molar-refractivity contribution in [1.29, 1.82) is 0 Å². The number of aliphatic hydroxyl groups is 1. The van der Waals surface area contributed by atoms with Crippen molar-refractivity contribution in [2.75, 3.05) is 12.3 Å². The number of hydrogen-bond donors (Lipinski definition) is 8. The van der Waals surface area contributed by atoms with E-state index in [1.165, 1.54) is 0 Å². The molecular formula is C28H39N3O9S. The van der Waals surface area contributed by atoms with Gasteiger partial charge in [0.25, 0.3) is 0 Å². The second kappa shape index (κ2) is 12.5. The summed E-state index contributed by atoms with van der Waals surface area (Å²) in [4.78, 5) is 47.8. The molecule has 41 heavy (non-hydrogen) atoms. The van der Waals surface area contributed by atoms with Crippen LogP contribution in [0.1, 0.15) is 68.9 Å². The number of rotatable bonds is 11. The number of thioether (sulfide) groups is 1. The lowest BCUT2D eigenvalue weighted by atomic mass is 9.55. The Bertz CT molecular complexity index is 1210. The highest BCUT2D eigenvalue weighted by atomic mass is 32.2. The molecule has 1 aromatic rings. The monoisotopic (exact) mass is 593 g/mol. The van der Waals surface area contributed by atoms with Gasteiger partial charge in [0.1, 0.15) is 18.6 Å².